The summed E-state index contributed by atoms with van der Waals surface area (Å²) in [4.78, 5) is 4.39. The van der Waals surface area contributed by atoms with Gasteiger partial charge in [0, 0.05) is 18.8 Å². The molecule has 4 nitrogen and oxygen atoms in total. The van der Waals surface area contributed by atoms with Crippen LogP contribution in [0.2, 0.25) is 18.1 Å². The largest absolute Gasteiger partial charge is 0.405 e. The minimum atomic E-state index is -1.95. The van der Waals surface area contributed by atoms with Crippen molar-refractivity contribution < 1.29 is 8.63 Å². The van der Waals surface area contributed by atoms with Gasteiger partial charge in [-0.1, -0.05) is 57.2 Å². The number of benzene rings is 1. The predicted molar refractivity (Wildman–Crippen MR) is 128 cm³/mol. The number of hydrogen-bond donors (Lipinski definition) is 1. The van der Waals surface area contributed by atoms with Crippen molar-refractivity contribution in [2.45, 2.75) is 82.0 Å². The van der Waals surface area contributed by atoms with Crippen molar-refractivity contribution in [3.8, 4) is 0 Å². The van der Waals surface area contributed by atoms with E-state index in [2.05, 4.69) is 60.8 Å². The standard InChI is InChI=1S/C24H36N2O2SSi/c1-7-30(8-2,9-3)28-24(20-14-11-10-12-15-20)19-23(24,21-16-13-17-25-18-21)26-29(27)22(4,5)6/h10-18,26H,7-9,19H2,1-6H3/t23-,24+,29-/m1/s1. The van der Waals surface area contributed by atoms with E-state index in [-0.39, 0.29) is 4.75 Å². The highest BCUT2D eigenvalue weighted by atomic mass is 32.2. The molecule has 6 heteroatoms. The molecule has 1 aromatic heterocycles. The van der Waals surface area contributed by atoms with E-state index in [0.29, 0.717) is 0 Å². The fourth-order valence-electron chi connectivity index (χ4n) is 4.34. The molecule has 1 saturated carbocycles. The van der Waals surface area contributed by atoms with Gasteiger partial charge in [-0.2, -0.15) is 0 Å². The summed E-state index contributed by atoms with van der Waals surface area (Å²) in [5, 5.41) is 0. The first-order valence-electron chi connectivity index (χ1n) is 11.0. The number of aromatic nitrogens is 1. The van der Waals surface area contributed by atoms with Crippen LogP contribution in [0.15, 0.2) is 54.9 Å². The van der Waals surface area contributed by atoms with Crippen molar-refractivity contribution in [2.24, 2.45) is 0 Å². The molecular weight excluding hydrogens is 408 g/mol. The van der Waals surface area contributed by atoms with Crippen LogP contribution in [0, 0.1) is 0 Å². The Labute approximate surface area is 185 Å². The summed E-state index contributed by atoms with van der Waals surface area (Å²) in [7, 11) is -3.19. The summed E-state index contributed by atoms with van der Waals surface area (Å²) in [6.45, 7) is 12.8. The molecule has 0 bridgehead atoms. The van der Waals surface area contributed by atoms with Gasteiger partial charge in [0.1, 0.15) is 5.60 Å². The Kier molecular flexibility index (Phi) is 6.73. The average Bonchev–Trinajstić information content (AvgIpc) is 3.41. The van der Waals surface area contributed by atoms with Crippen LogP contribution < -0.4 is 4.72 Å². The third kappa shape index (κ3) is 4.07. The minimum Gasteiger partial charge on any atom is -0.405 e. The molecule has 0 spiro atoms. The van der Waals surface area contributed by atoms with E-state index in [1.165, 1.54) is 0 Å². The Hall–Kier alpha value is -1.34. The molecule has 1 heterocycles. The first-order chi connectivity index (χ1) is 14.2. The van der Waals surface area contributed by atoms with Gasteiger partial charge < -0.3 is 4.43 Å². The number of pyridine rings is 1. The summed E-state index contributed by atoms with van der Waals surface area (Å²) < 4.78 is 23.7. The lowest BCUT2D eigenvalue weighted by Gasteiger charge is -2.38. The van der Waals surface area contributed by atoms with Crippen molar-refractivity contribution in [3.63, 3.8) is 0 Å². The second kappa shape index (κ2) is 8.65. The minimum absolute atomic E-state index is 0.380. The fraction of sp³-hybridized carbons (Fsp3) is 0.542. The molecule has 3 atom stereocenters. The van der Waals surface area contributed by atoms with E-state index in [1.807, 2.05) is 39.1 Å². The number of hydrogen-bond acceptors (Lipinski definition) is 3. The smallest absolute Gasteiger partial charge is 0.193 e. The molecule has 1 aromatic carbocycles. The van der Waals surface area contributed by atoms with Gasteiger partial charge in [0.15, 0.2) is 8.32 Å². The van der Waals surface area contributed by atoms with Gasteiger partial charge in [0.2, 0.25) is 0 Å². The third-order valence-electron chi connectivity index (χ3n) is 6.62. The van der Waals surface area contributed by atoms with Crippen molar-refractivity contribution in [3.05, 3.63) is 66.0 Å². The van der Waals surface area contributed by atoms with E-state index in [9.17, 15) is 4.21 Å². The molecule has 1 fully saturated rings. The molecule has 0 aliphatic heterocycles. The molecule has 2 aromatic rings. The van der Waals surface area contributed by atoms with E-state index >= 15 is 0 Å². The quantitative estimate of drug-likeness (QED) is 0.509. The van der Waals surface area contributed by atoms with E-state index in [4.69, 9.17) is 4.43 Å². The third-order valence-corrected chi connectivity index (χ3v) is 12.9. The first-order valence-corrected chi connectivity index (χ1v) is 14.7. The zero-order valence-electron chi connectivity index (χ0n) is 19.2. The molecule has 1 aliphatic carbocycles. The number of nitrogens with zero attached hydrogens (tertiary/aromatic N) is 1. The fourth-order valence-corrected chi connectivity index (χ4v) is 8.36. The lowest BCUT2D eigenvalue weighted by atomic mass is 9.98. The highest BCUT2D eigenvalue weighted by molar-refractivity contribution is 7.84. The molecule has 1 N–H and O–H groups in total. The maximum atomic E-state index is 13.3. The summed E-state index contributed by atoms with van der Waals surface area (Å²) >= 11 is 0. The topological polar surface area (TPSA) is 51.2 Å². The predicted octanol–water partition coefficient (Wildman–Crippen LogP) is 5.65. The van der Waals surface area contributed by atoms with Crippen molar-refractivity contribution >= 4 is 19.3 Å². The van der Waals surface area contributed by atoms with Crippen LogP contribution in [-0.2, 0) is 26.6 Å². The van der Waals surface area contributed by atoms with Crippen LogP contribution in [0.1, 0.15) is 59.1 Å². The summed E-state index contributed by atoms with van der Waals surface area (Å²) in [5.41, 5.74) is 1.10. The van der Waals surface area contributed by atoms with Gasteiger partial charge in [-0.3, -0.25) is 4.98 Å². The van der Waals surface area contributed by atoms with Crippen molar-refractivity contribution in [1.29, 1.82) is 0 Å². The summed E-state index contributed by atoms with van der Waals surface area (Å²) in [6.07, 6.45) is 4.44. The van der Waals surface area contributed by atoms with Crippen molar-refractivity contribution in [1.82, 2.24) is 9.71 Å². The van der Waals surface area contributed by atoms with Crippen LogP contribution in [-0.4, -0.2) is 22.3 Å². The highest BCUT2D eigenvalue weighted by Gasteiger charge is 2.73. The van der Waals surface area contributed by atoms with E-state index in [0.717, 1.165) is 35.7 Å². The summed E-state index contributed by atoms with van der Waals surface area (Å²) in [6, 6.07) is 17.7. The Morgan fingerprint density at radius 3 is 2.13 bits per heavy atom. The van der Waals surface area contributed by atoms with Crippen LogP contribution in [0.4, 0.5) is 0 Å². The van der Waals surface area contributed by atoms with Crippen molar-refractivity contribution in [2.75, 3.05) is 0 Å². The van der Waals surface area contributed by atoms with Crippen LogP contribution in [0.5, 0.6) is 0 Å². The van der Waals surface area contributed by atoms with Gasteiger partial charge in [-0.25, -0.2) is 8.93 Å². The monoisotopic (exact) mass is 444 g/mol. The summed E-state index contributed by atoms with van der Waals surface area (Å²) in [5.74, 6) is 0. The Bertz CT molecular complexity index is 860. The highest BCUT2D eigenvalue weighted by Crippen LogP contribution is 2.66. The van der Waals surface area contributed by atoms with E-state index in [1.54, 1.807) is 6.20 Å². The molecule has 0 radical (unpaired) electrons. The zero-order chi connectivity index (χ0) is 22.0. The Morgan fingerprint density at radius 1 is 1.03 bits per heavy atom. The van der Waals surface area contributed by atoms with Crippen LogP contribution in [0.25, 0.3) is 0 Å². The molecule has 0 amide bonds. The SMILES string of the molecule is CC[Si](CC)(CC)O[C@]1(c2ccccc2)C[C@@]1(N[S@](=O)C(C)(C)C)c1cccnc1. The number of nitrogens with one attached hydrogen (secondary N) is 1. The Balaban J connectivity index is 2.17. The molecule has 3 rings (SSSR count). The molecule has 0 saturated heterocycles. The van der Waals surface area contributed by atoms with E-state index < -0.39 is 30.4 Å². The lowest BCUT2D eigenvalue weighted by molar-refractivity contribution is 0.131. The maximum absolute atomic E-state index is 13.3. The molecule has 1 aliphatic rings. The van der Waals surface area contributed by atoms with Gasteiger partial charge in [-0.05, 0) is 56.1 Å². The van der Waals surface area contributed by atoms with Crippen LogP contribution in [0.3, 0.4) is 0 Å². The van der Waals surface area contributed by atoms with Gasteiger partial charge in [0.25, 0.3) is 0 Å². The maximum Gasteiger partial charge on any atom is 0.193 e. The molecule has 0 unspecified atom stereocenters. The first kappa shape index (κ1) is 23.3. The molecule has 164 valence electrons. The molecule has 30 heavy (non-hydrogen) atoms. The Morgan fingerprint density at radius 2 is 1.63 bits per heavy atom. The lowest BCUT2D eigenvalue weighted by Crippen LogP contribution is -2.48. The van der Waals surface area contributed by atoms with Gasteiger partial charge >= 0.3 is 0 Å². The molecular formula is C24H36N2O2SSi. The van der Waals surface area contributed by atoms with Crippen LogP contribution >= 0.6 is 0 Å². The number of rotatable bonds is 9. The zero-order valence-corrected chi connectivity index (χ0v) is 21.0. The normalized spacial score (nSPS) is 25.1. The van der Waals surface area contributed by atoms with Gasteiger partial charge in [-0.15, -0.1) is 0 Å². The van der Waals surface area contributed by atoms with Gasteiger partial charge in [0.05, 0.1) is 21.3 Å². The average molecular weight is 445 g/mol. The second-order valence-corrected chi connectivity index (χ2v) is 16.0. The second-order valence-electron chi connectivity index (χ2n) is 9.35.